The number of ether oxygens (including phenoxy) is 3. The number of fused-ring (bicyclic) bond motifs is 1. The van der Waals surface area contributed by atoms with Crippen LogP contribution in [0.4, 0.5) is 0 Å². The van der Waals surface area contributed by atoms with E-state index in [1.807, 2.05) is 43.3 Å². The van der Waals surface area contributed by atoms with E-state index >= 15 is 0 Å². The zero-order chi connectivity index (χ0) is 20.5. The summed E-state index contributed by atoms with van der Waals surface area (Å²) >= 11 is 0. The molecule has 148 valence electrons. The molecule has 1 N–H and O–H groups in total. The van der Waals surface area contributed by atoms with Crippen LogP contribution in [0.25, 0.3) is 33.7 Å². The maximum absolute atomic E-state index is 9.74. The van der Waals surface area contributed by atoms with Crippen LogP contribution in [0, 0.1) is 6.92 Å². The smallest absolute Gasteiger partial charge is 0.227 e. The number of hydrogen-bond acceptors (Lipinski definition) is 6. The van der Waals surface area contributed by atoms with Crippen molar-refractivity contribution >= 4 is 11.1 Å². The van der Waals surface area contributed by atoms with Gasteiger partial charge in [0.2, 0.25) is 11.6 Å². The Morgan fingerprint density at radius 1 is 0.828 bits per heavy atom. The summed E-state index contributed by atoms with van der Waals surface area (Å²) in [6, 6.07) is 14.8. The zero-order valence-electron chi connectivity index (χ0n) is 16.6. The fourth-order valence-electron chi connectivity index (χ4n) is 3.33. The number of phenolic OH excluding ortho intramolecular Hbond substituents is 1. The van der Waals surface area contributed by atoms with E-state index in [2.05, 4.69) is 4.98 Å². The first-order valence-corrected chi connectivity index (χ1v) is 9.05. The molecule has 0 saturated heterocycles. The van der Waals surface area contributed by atoms with E-state index < -0.39 is 0 Å². The highest BCUT2D eigenvalue weighted by atomic mass is 16.5. The Hall–Kier alpha value is -3.67. The van der Waals surface area contributed by atoms with Gasteiger partial charge in [-0.15, -0.1) is 0 Å². The summed E-state index contributed by atoms with van der Waals surface area (Å²) < 4.78 is 22.4. The summed E-state index contributed by atoms with van der Waals surface area (Å²) in [6.45, 7) is 1.84. The highest BCUT2D eigenvalue weighted by Crippen LogP contribution is 2.44. The van der Waals surface area contributed by atoms with Crippen molar-refractivity contribution < 1.29 is 23.7 Å². The molecule has 3 aromatic carbocycles. The Bertz CT molecular complexity index is 1200. The first kappa shape index (κ1) is 18.7. The van der Waals surface area contributed by atoms with Gasteiger partial charge >= 0.3 is 0 Å². The van der Waals surface area contributed by atoms with E-state index in [0.717, 1.165) is 27.8 Å². The first-order chi connectivity index (χ1) is 14.0. The van der Waals surface area contributed by atoms with Crippen molar-refractivity contribution in [1.29, 1.82) is 0 Å². The van der Waals surface area contributed by atoms with Gasteiger partial charge in [-0.05, 0) is 60.5 Å². The molecule has 1 aromatic heterocycles. The molecule has 0 saturated carbocycles. The van der Waals surface area contributed by atoms with Gasteiger partial charge in [-0.25, -0.2) is 4.98 Å². The molecule has 0 radical (unpaired) electrons. The summed E-state index contributed by atoms with van der Waals surface area (Å²) in [5, 5.41) is 9.74. The normalized spacial score (nSPS) is 10.9. The number of oxazole rings is 1. The molecule has 0 unspecified atom stereocenters. The number of aromatic hydroxyl groups is 1. The Morgan fingerprint density at radius 3 is 2.28 bits per heavy atom. The standard InChI is InChI=1S/C23H21NO5/c1-13-11-15(6-9-18(13)25)23-24-17-8-5-14(12-20(17)29-23)16-7-10-19(26-2)22(28-4)21(16)27-3/h5-12,25H,1-4H3. The molecular formula is C23H21NO5. The largest absolute Gasteiger partial charge is 0.508 e. The molecule has 4 aromatic rings. The van der Waals surface area contributed by atoms with E-state index in [4.69, 9.17) is 18.6 Å². The maximum Gasteiger partial charge on any atom is 0.227 e. The Morgan fingerprint density at radius 2 is 1.59 bits per heavy atom. The summed E-state index contributed by atoms with van der Waals surface area (Å²) in [5.41, 5.74) is 4.72. The minimum Gasteiger partial charge on any atom is -0.508 e. The first-order valence-electron chi connectivity index (χ1n) is 9.05. The molecule has 0 atom stereocenters. The maximum atomic E-state index is 9.74. The van der Waals surface area contributed by atoms with Crippen molar-refractivity contribution in [3.63, 3.8) is 0 Å². The number of hydrogen-bond donors (Lipinski definition) is 1. The lowest BCUT2D eigenvalue weighted by Gasteiger charge is -2.15. The van der Waals surface area contributed by atoms with Crippen molar-refractivity contribution in [2.75, 3.05) is 21.3 Å². The van der Waals surface area contributed by atoms with Crippen molar-refractivity contribution in [2.45, 2.75) is 6.92 Å². The van der Waals surface area contributed by atoms with Crippen molar-refractivity contribution in [1.82, 2.24) is 4.98 Å². The third-order valence-corrected chi connectivity index (χ3v) is 4.85. The molecule has 0 fully saturated rings. The molecule has 6 nitrogen and oxygen atoms in total. The number of aromatic nitrogens is 1. The molecule has 0 bridgehead atoms. The lowest BCUT2D eigenvalue weighted by Crippen LogP contribution is -1.96. The average Bonchev–Trinajstić information content (AvgIpc) is 3.17. The number of methoxy groups -OCH3 is 3. The molecule has 0 spiro atoms. The van der Waals surface area contributed by atoms with Crippen LogP contribution in [0.5, 0.6) is 23.0 Å². The molecular weight excluding hydrogens is 370 g/mol. The van der Waals surface area contributed by atoms with E-state index in [-0.39, 0.29) is 5.75 Å². The minimum absolute atomic E-state index is 0.243. The summed E-state index contributed by atoms with van der Waals surface area (Å²) in [4.78, 5) is 4.57. The predicted octanol–water partition coefficient (Wildman–Crippen LogP) is 5.20. The molecule has 6 heteroatoms. The van der Waals surface area contributed by atoms with Gasteiger partial charge in [0.05, 0.1) is 21.3 Å². The number of phenols is 1. The van der Waals surface area contributed by atoms with Gasteiger partial charge in [0, 0.05) is 11.1 Å². The number of aryl methyl sites for hydroxylation is 1. The van der Waals surface area contributed by atoms with Crippen LogP contribution in [0.15, 0.2) is 52.9 Å². The van der Waals surface area contributed by atoms with Gasteiger partial charge in [0.25, 0.3) is 0 Å². The van der Waals surface area contributed by atoms with Gasteiger partial charge in [-0.2, -0.15) is 0 Å². The lowest BCUT2D eigenvalue weighted by atomic mass is 10.0. The third kappa shape index (κ3) is 3.23. The fourth-order valence-corrected chi connectivity index (χ4v) is 3.33. The van der Waals surface area contributed by atoms with Crippen LogP contribution >= 0.6 is 0 Å². The summed E-state index contributed by atoms with van der Waals surface area (Å²) in [5.74, 6) is 2.46. The molecule has 0 aliphatic carbocycles. The highest BCUT2D eigenvalue weighted by molar-refractivity contribution is 5.85. The Balaban J connectivity index is 1.81. The predicted molar refractivity (Wildman–Crippen MR) is 111 cm³/mol. The van der Waals surface area contributed by atoms with Crippen molar-refractivity contribution in [3.05, 3.63) is 54.1 Å². The molecule has 0 aliphatic rings. The van der Waals surface area contributed by atoms with Gasteiger partial charge in [0.1, 0.15) is 11.3 Å². The van der Waals surface area contributed by atoms with Crippen molar-refractivity contribution in [3.8, 4) is 45.6 Å². The highest BCUT2D eigenvalue weighted by Gasteiger charge is 2.18. The van der Waals surface area contributed by atoms with Crippen LogP contribution in [0.3, 0.4) is 0 Å². The van der Waals surface area contributed by atoms with Crippen LogP contribution in [-0.2, 0) is 0 Å². The second kappa shape index (κ2) is 7.39. The fraction of sp³-hybridized carbons (Fsp3) is 0.174. The van der Waals surface area contributed by atoms with Gasteiger partial charge in [0.15, 0.2) is 17.1 Å². The molecule has 4 rings (SSSR count). The van der Waals surface area contributed by atoms with Gasteiger partial charge < -0.3 is 23.7 Å². The van der Waals surface area contributed by atoms with E-state index in [1.165, 1.54) is 0 Å². The lowest BCUT2D eigenvalue weighted by molar-refractivity contribution is 0.325. The van der Waals surface area contributed by atoms with E-state index in [0.29, 0.717) is 28.7 Å². The van der Waals surface area contributed by atoms with Gasteiger partial charge in [-0.3, -0.25) is 0 Å². The SMILES string of the molecule is COc1ccc(-c2ccc3nc(-c4ccc(O)c(C)c4)oc3c2)c(OC)c1OC. The van der Waals surface area contributed by atoms with Crippen LogP contribution in [-0.4, -0.2) is 31.4 Å². The van der Waals surface area contributed by atoms with Crippen molar-refractivity contribution in [2.24, 2.45) is 0 Å². The molecule has 0 amide bonds. The second-order valence-electron chi connectivity index (χ2n) is 6.58. The third-order valence-electron chi connectivity index (χ3n) is 4.85. The quantitative estimate of drug-likeness (QED) is 0.504. The van der Waals surface area contributed by atoms with Crippen LogP contribution in [0.2, 0.25) is 0 Å². The number of rotatable bonds is 5. The minimum atomic E-state index is 0.243. The Labute approximate surface area is 168 Å². The molecule has 0 aliphatic heterocycles. The van der Waals surface area contributed by atoms with E-state index in [1.54, 1.807) is 33.5 Å². The zero-order valence-corrected chi connectivity index (χ0v) is 16.6. The average molecular weight is 391 g/mol. The van der Waals surface area contributed by atoms with Crippen LogP contribution < -0.4 is 14.2 Å². The summed E-state index contributed by atoms with van der Waals surface area (Å²) in [7, 11) is 4.76. The Kier molecular flexibility index (Phi) is 4.76. The number of benzene rings is 3. The number of nitrogens with zero attached hydrogens (tertiary/aromatic N) is 1. The second-order valence-corrected chi connectivity index (χ2v) is 6.58. The molecule has 1 heterocycles. The van der Waals surface area contributed by atoms with Crippen LogP contribution in [0.1, 0.15) is 5.56 Å². The topological polar surface area (TPSA) is 74.0 Å². The molecule has 29 heavy (non-hydrogen) atoms. The monoisotopic (exact) mass is 391 g/mol. The van der Waals surface area contributed by atoms with Gasteiger partial charge in [-0.1, -0.05) is 6.07 Å². The summed E-state index contributed by atoms with van der Waals surface area (Å²) in [6.07, 6.45) is 0. The van der Waals surface area contributed by atoms with E-state index in [9.17, 15) is 5.11 Å².